The van der Waals surface area contributed by atoms with E-state index >= 15 is 0 Å². The monoisotopic (exact) mass is 386 g/mol. The van der Waals surface area contributed by atoms with Gasteiger partial charge in [0.15, 0.2) is 0 Å². The molecule has 2 atom stereocenters. The average molecular weight is 386 g/mol. The number of hydrazine groups is 1. The van der Waals surface area contributed by atoms with E-state index in [2.05, 4.69) is 26.0 Å². The molecule has 0 bridgehead atoms. The van der Waals surface area contributed by atoms with Crippen molar-refractivity contribution in [3.8, 4) is 0 Å². The van der Waals surface area contributed by atoms with Gasteiger partial charge in [-0.2, -0.15) is 0 Å². The van der Waals surface area contributed by atoms with Crippen molar-refractivity contribution in [2.45, 2.75) is 52.0 Å². The highest BCUT2D eigenvalue weighted by molar-refractivity contribution is 5.81. The summed E-state index contributed by atoms with van der Waals surface area (Å²) in [4.78, 5) is 28.4. The number of hydrogen-bond acceptors (Lipinski definition) is 7. The molecule has 2 aromatic rings. The lowest BCUT2D eigenvalue weighted by Crippen LogP contribution is -2.49. The minimum Gasteiger partial charge on any atom is -0.286 e. The zero-order chi connectivity index (χ0) is 20.1. The summed E-state index contributed by atoms with van der Waals surface area (Å²) >= 11 is 0. The maximum atomic E-state index is 12.8. The Hall–Kier alpha value is -2.81. The lowest BCUT2D eigenvalue weighted by atomic mass is 9.84. The molecule has 150 valence electrons. The third-order valence-electron chi connectivity index (χ3n) is 5.47. The van der Waals surface area contributed by atoms with Gasteiger partial charge in [0.05, 0.1) is 17.5 Å². The van der Waals surface area contributed by atoms with Crippen molar-refractivity contribution in [3.05, 3.63) is 23.8 Å². The van der Waals surface area contributed by atoms with Gasteiger partial charge in [0, 0.05) is 0 Å². The SMILES string of the molecule is CC[C@@H](C(=O)NNc1nnc2cccc(C)c2n1)C(C1CCCC1)N(O)C=O. The molecule has 9 nitrogen and oxygen atoms in total. The maximum absolute atomic E-state index is 12.8. The van der Waals surface area contributed by atoms with E-state index in [1.54, 1.807) is 0 Å². The van der Waals surface area contributed by atoms with Gasteiger partial charge in [-0.3, -0.25) is 25.6 Å². The number of rotatable bonds is 8. The van der Waals surface area contributed by atoms with Crippen molar-refractivity contribution in [2.24, 2.45) is 11.8 Å². The van der Waals surface area contributed by atoms with Crippen LogP contribution in [-0.4, -0.2) is 43.8 Å². The van der Waals surface area contributed by atoms with Crippen LogP contribution in [0.4, 0.5) is 5.95 Å². The molecule has 1 unspecified atom stereocenters. The van der Waals surface area contributed by atoms with Crippen molar-refractivity contribution in [1.29, 1.82) is 0 Å². The number of anilines is 1. The molecule has 28 heavy (non-hydrogen) atoms. The van der Waals surface area contributed by atoms with E-state index in [9.17, 15) is 14.8 Å². The van der Waals surface area contributed by atoms with Crippen molar-refractivity contribution >= 4 is 29.3 Å². The van der Waals surface area contributed by atoms with E-state index < -0.39 is 12.0 Å². The number of carbonyl (C=O) groups is 2. The summed E-state index contributed by atoms with van der Waals surface area (Å²) in [5.74, 6) is -0.597. The molecule has 3 N–H and O–H groups in total. The summed E-state index contributed by atoms with van der Waals surface area (Å²) in [6.45, 7) is 3.79. The molecule has 1 saturated carbocycles. The second-order valence-corrected chi connectivity index (χ2v) is 7.23. The molecule has 0 saturated heterocycles. The first-order chi connectivity index (χ1) is 13.5. The van der Waals surface area contributed by atoms with Crippen molar-refractivity contribution < 1.29 is 14.8 Å². The third-order valence-corrected chi connectivity index (χ3v) is 5.47. The molecule has 1 aliphatic rings. The largest absolute Gasteiger partial charge is 0.286 e. The zero-order valence-corrected chi connectivity index (χ0v) is 16.1. The normalized spacial score (nSPS) is 16.5. The molecule has 0 radical (unpaired) electrons. The van der Waals surface area contributed by atoms with Gasteiger partial charge in [-0.15, -0.1) is 10.2 Å². The van der Waals surface area contributed by atoms with E-state index in [-0.39, 0.29) is 17.8 Å². The molecule has 1 aromatic heterocycles. The molecule has 0 spiro atoms. The number of para-hydroxylation sites is 1. The van der Waals surface area contributed by atoms with Crippen LogP contribution in [0.2, 0.25) is 0 Å². The van der Waals surface area contributed by atoms with Gasteiger partial charge < -0.3 is 0 Å². The van der Waals surface area contributed by atoms with Crippen molar-refractivity contribution in [1.82, 2.24) is 25.7 Å². The molecule has 9 heteroatoms. The second-order valence-electron chi connectivity index (χ2n) is 7.23. The lowest BCUT2D eigenvalue weighted by molar-refractivity contribution is -0.174. The number of benzene rings is 1. The Labute approximate surface area is 163 Å². The highest BCUT2D eigenvalue weighted by Crippen LogP contribution is 2.34. The van der Waals surface area contributed by atoms with Gasteiger partial charge in [0.25, 0.3) is 5.95 Å². The fraction of sp³-hybridized carbons (Fsp3) is 0.526. The number of hydroxylamine groups is 2. The molecule has 3 rings (SSSR count). The van der Waals surface area contributed by atoms with Crippen LogP contribution in [0.3, 0.4) is 0 Å². The van der Waals surface area contributed by atoms with Crippen molar-refractivity contribution in [2.75, 3.05) is 5.43 Å². The maximum Gasteiger partial charge on any atom is 0.262 e. The highest BCUT2D eigenvalue weighted by atomic mass is 16.5. The summed E-state index contributed by atoms with van der Waals surface area (Å²) in [6, 6.07) is 5.07. The number of aromatic nitrogens is 3. The molecule has 1 heterocycles. The molecule has 0 aliphatic heterocycles. The van der Waals surface area contributed by atoms with Crippen LogP contribution in [0.15, 0.2) is 18.2 Å². The lowest BCUT2D eigenvalue weighted by Gasteiger charge is -2.33. The Bertz CT molecular complexity index is 840. The summed E-state index contributed by atoms with van der Waals surface area (Å²) in [7, 11) is 0. The molecule has 2 amide bonds. The first-order valence-corrected chi connectivity index (χ1v) is 9.63. The number of fused-ring (bicyclic) bond motifs is 1. The predicted octanol–water partition coefficient (Wildman–Crippen LogP) is 2.21. The van der Waals surface area contributed by atoms with Gasteiger partial charge in [-0.1, -0.05) is 31.9 Å². The summed E-state index contributed by atoms with van der Waals surface area (Å²) in [6.07, 6.45) is 4.73. The van der Waals surface area contributed by atoms with Gasteiger partial charge >= 0.3 is 0 Å². The topological polar surface area (TPSA) is 120 Å². The van der Waals surface area contributed by atoms with Crippen molar-refractivity contribution in [3.63, 3.8) is 0 Å². The summed E-state index contributed by atoms with van der Waals surface area (Å²) < 4.78 is 0. The van der Waals surface area contributed by atoms with E-state index in [1.807, 2.05) is 32.0 Å². The molecular weight excluding hydrogens is 360 g/mol. The smallest absolute Gasteiger partial charge is 0.262 e. The van der Waals surface area contributed by atoms with Crippen LogP contribution < -0.4 is 10.9 Å². The Morgan fingerprint density at radius 2 is 2.11 bits per heavy atom. The first kappa shape index (κ1) is 19.9. The molecule has 1 aliphatic carbocycles. The standard InChI is InChI=1S/C19H26N6O3/c1-3-14(17(25(28)11-26)13-8-4-5-9-13)18(27)22-24-19-20-16-12(2)7-6-10-15(16)21-23-19/h6-7,10-11,13-14,17,28H,3-5,8-9H2,1-2H3,(H,22,27)(H,20,23,24)/t14-,17?/m1/s1. The highest BCUT2D eigenvalue weighted by Gasteiger charge is 2.38. The molecule has 1 aromatic carbocycles. The van der Waals surface area contributed by atoms with Gasteiger partial charge in [0.1, 0.15) is 5.52 Å². The number of aryl methyl sites for hydroxylation is 1. The van der Waals surface area contributed by atoms with Crippen LogP contribution in [0.5, 0.6) is 0 Å². The summed E-state index contributed by atoms with van der Waals surface area (Å²) in [5, 5.41) is 18.8. The minimum atomic E-state index is -0.555. The summed E-state index contributed by atoms with van der Waals surface area (Å²) in [5.41, 5.74) is 7.65. The van der Waals surface area contributed by atoms with Gasteiger partial charge in [-0.05, 0) is 43.7 Å². The second kappa shape index (κ2) is 8.92. The Balaban J connectivity index is 1.72. The first-order valence-electron chi connectivity index (χ1n) is 9.63. The molecular formula is C19H26N6O3. The zero-order valence-electron chi connectivity index (χ0n) is 16.1. The van der Waals surface area contributed by atoms with Crippen LogP contribution >= 0.6 is 0 Å². The number of nitrogens with zero attached hydrogens (tertiary/aromatic N) is 4. The molecule has 1 fully saturated rings. The quantitative estimate of drug-likeness (QED) is 0.361. The van der Waals surface area contributed by atoms with Gasteiger partial charge in [-0.25, -0.2) is 10.0 Å². The number of nitrogens with one attached hydrogen (secondary N) is 2. The van der Waals surface area contributed by atoms with Crippen LogP contribution in [0.25, 0.3) is 11.0 Å². The third kappa shape index (κ3) is 4.19. The van der Waals surface area contributed by atoms with E-state index in [1.165, 1.54) is 0 Å². The van der Waals surface area contributed by atoms with E-state index in [0.29, 0.717) is 28.9 Å². The minimum absolute atomic E-state index is 0.104. The number of amides is 2. The van der Waals surface area contributed by atoms with Crippen LogP contribution in [0.1, 0.15) is 44.6 Å². The van der Waals surface area contributed by atoms with Crippen LogP contribution in [-0.2, 0) is 9.59 Å². The van der Waals surface area contributed by atoms with Crippen LogP contribution in [0, 0.1) is 18.8 Å². The Kier molecular flexibility index (Phi) is 6.35. The number of carbonyl (C=O) groups excluding carboxylic acids is 2. The fourth-order valence-corrected chi connectivity index (χ4v) is 4.04. The van der Waals surface area contributed by atoms with Gasteiger partial charge in [0.2, 0.25) is 12.3 Å². The Morgan fingerprint density at radius 1 is 1.36 bits per heavy atom. The Morgan fingerprint density at radius 3 is 2.79 bits per heavy atom. The average Bonchev–Trinajstić information content (AvgIpc) is 3.24. The van der Waals surface area contributed by atoms with E-state index in [4.69, 9.17) is 0 Å². The predicted molar refractivity (Wildman–Crippen MR) is 103 cm³/mol. The van der Waals surface area contributed by atoms with E-state index in [0.717, 1.165) is 31.2 Å². The fourth-order valence-electron chi connectivity index (χ4n) is 4.04. The number of hydrogen-bond donors (Lipinski definition) is 3.